The van der Waals surface area contributed by atoms with E-state index >= 15 is 0 Å². The Balaban J connectivity index is 2.25. The van der Waals surface area contributed by atoms with Gasteiger partial charge in [0.25, 0.3) is 0 Å². The number of aliphatic carboxylic acids is 1. The summed E-state index contributed by atoms with van der Waals surface area (Å²) in [5.41, 5.74) is 0. The van der Waals surface area contributed by atoms with E-state index in [1.54, 1.807) is 4.90 Å². The molecular formula is C11H20N2O3. The lowest BCUT2D eigenvalue weighted by Crippen LogP contribution is -2.40. The second-order valence-corrected chi connectivity index (χ2v) is 4.25. The SMILES string of the molecule is CCC(CNC(=O)N1CCCC1)CC(=O)O. The average molecular weight is 228 g/mol. The lowest BCUT2D eigenvalue weighted by Gasteiger charge is -2.19. The van der Waals surface area contributed by atoms with Crippen LogP contribution in [0, 0.1) is 5.92 Å². The number of likely N-dealkylation sites (tertiary alicyclic amines) is 1. The number of hydrogen-bond acceptors (Lipinski definition) is 2. The predicted octanol–water partition coefficient (Wildman–Crippen LogP) is 1.29. The highest BCUT2D eigenvalue weighted by atomic mass is 16.4. The van der Waals surface area contributed by atoms with Gasteiger partial charge in [0.2, 0.25) is 0 Å². The first-order valence-electron chi connectivity index (χ1n) is 5.88. The van der Waals surface area contributed by atoms with Crippen molar-refractivity contribution in [3.05, 3.63) is 0 Å². The van der Waals surface area contributed by atoms with Gasteiger partial charge in [-0.05, 0) is 18.8 Å². The van der Waals surface area contributed by atoms with Crippen LogP contribution in [0.1, 0.15) is 32.6 Å². The van der Waals surface area contributed by atoms with Crippen LogP contribution in [0.5, 0.6) is 0 Å². The molecule has 5 nitrogen and oxygen atoms in total. The van der Waals surface area contributed by atoms with Crippen LogP contribution < -0.4 is 5.32 Å². The van der Waals surface area contributed by atoms with E-state index in [9.17, 15) is 9.59 Å². The minimum atomic E-state index is -0.803. The number of carboxylic acids is 1. The normalized spacial score (nSPS) is 17.2. The summed E-state index contributed by atoms with van der Waals surface area (Å²) in [4.78, 5) is 24.0. The first-order chi connectivity index (χ1) is 7.63. The largest absolute Gasteiger partial charge is 0.481 e. The van der Waals surface area contributed by atoms with Crippen molar-refractivity contribution in [2.45, 2.75) is 32.6 Å². The zero-order valence-corrected chi connectivity index (χ0v) is 9.74. The Hall–Kier alpha value is -1.26. The molecule has 2 N–H and O–H groups in total. The Bertz CT molecular complexity index is 250. The van der Waals surface area contributed by atoms with Crippen LogP contribution in [0.25, 0.3) is 0 Å². The van der Waals surface area contributed by atoms with E-state index < -0.39 is 5.97 Å². The molecule has 1 fully saturated rings. The summed E-state index contributed by atoms with van der Waals surface area (Å²) in [5.74, 6) is -0.772. The molecule has 1 atom stereocenters. The smallest absolute Gasteiger partial charge is 0.317 e. The highest BCUT2D eigenvalue weighted by Crippen LogP contribution is 2.09. The van der Waals surface area contributed by atoms with E-state index in [4.69, 9.17) is 5.11 Å². The maximum Gasteiger partial charge on any atom is 0.317 e. The standard InChI is InChI=1S/C11H20N2O3/c1-2-9(7-10(14)15)8-12-11(16)13-5-3-4-6-13/h9H,2-8H2,1H3,(H,12,16)(H,14,15). The molecule has 0 aromatic heterocycles. The van der Waals surface area contributed by atoms with Gasteiger partial charge in [-0.3, -0.25) is 4.79 Å². The van der Waals surface area contributed by atoms with Gasteiger partial charge in [-0.2, -0.15) is 0 Å². The van der Waals surface area contributed by atoms with E-state index in [0.717, 1.165) is 32.4 Å². The van der Waals surface area contributed by atoms with Gasteiger partial charge in [-0.15, -0.1) is 0 Å². The molecule has 0 bridgehead atoms. The monoisotopic (exact) mass is 228 g/mol. The van der Waals surface area contributed by atoms with Crippen molar-refractivity contribution >= 4 is 12.0 Å². The van der Waals surface area contributed by atoms with Crippen LogP contribution in [-0.2, 0) is 4.79 Å². The molecule has 0 aliphatic carbocycles. The predicted molar refractivity (Wildman–Crippen MR) is 60.2 cm³/mol. The Morgan fingerprint density at radius 2 is 2.00 bits per heavy atom. The topological polar surface area (TPSA) is 69.6 Å². The Morgan fingerprint density at radius 3 is 2.50 bits per heavy atom. The zero-order chi connectivity index (χ0) is 12.0. The maximum atomic E-state index is 11.6. The van der Waals surface area contributed by atoms with Crippen LogP contribution in [0.2, 0.25) is 0 Å². The van der Waals surface area contributed by atoms with Gasteiger partial charge in [0.15, 0.2) is 0 Å². The van der Waals surface area contributed by atoms with Gasteiger partial charge in [-0.25, -0.2) is 4.79 Å². The summed E-state index contributed by atoms with van der Waals surface area (Å²) >= 11 is 0. The van der Waals surface area contributed by atoms with Crippen LogP contribution >= 0.6 is 0 Å². The summed E-state index contributed by atoms with van der Waals surface area (Å²) in [6, 6.07) is -0.0543. The van der Waals surface area contributed by atoms with Gasteiger partial charge in [0, 0.05) is 26.1 Å². The highest BCUT2D eigenvalue weighted by molar-refractivity contribution is 5.74. The number of rotatable bonds is 5. The van der Waals surface area contributed by atoms with Crippen molar-refractivity contribution < 1.29 is 14.7 Å². The average Bonchev–Trinajstić information content (AvgIpc) is 2.76. The molecule has 0 aromatic carbocycles. The number of carbonyl (C=O) groups is 2. The Morgan fingerprint density at radius 1 is 1.38 bits per heavy atom. The number of carboxylic acid groups (broad SMARTS) is 1. The molecule has 5 heteroatoms. The molecule has 16 heavy (non-hydrogen) atoms. The summed E-state index contributed by atoms with van der Waals surface area (Å²) in [6.45, 7) is 4.04. The summed E-state index contributed by atoms with van der Waals surface area (Å²) in [5, 5.41) is 11.5. The highest BCUT2D eigenvalue weighted by Gasteiger charge is 2.19. The van der Waals surface area contributed by atoms with Crippen LogP contribution in [0.3, 0.4) is 0 Å². The van der Waals surface area contributed by atoms with Gasteiger partial charge < -0.3 is 15.3 Å². The van der Waals surface area contributed by atoms with E-state index in [0.29, 0.717) is 6.54 Å². The van der Waals surface area contributed by atoms with Crippen molar-refractivity contribution in [2.75, 3.05) is 19.6 Å². The molecule has 1 aliphatic rings. The molecule has 0 saturated carbocycles. The summed E-state index contributed by atoms with van der Waals surface area (Å²) in [6.07, 6.45) is 3.03. The number of carbonyl (C=O) groups excluding carboxylic acids is 1. The summed E-state index contributed by atoms with van der Waals surface area (Å²) < 4.78 is 0. The second kappa shape index (κ2) is 6.35. The van der Waals surface area contributed by atoms with Crippen LogP contribution in [0.4, 0.5) is 4.79 Å². The van der Waals surface area contributed by atoms with Crippen molar-refractivity contribution in [3.8, 4) is 0 Å². The fourth-order valence-electron chi connectivity index (χ4n) is 1.87. The van der Waals surface area contributed by atoms with E-state index in [2.05, 4.69) is 5.32 Å². The Kier molecular flexibility index (Phi) is 5.08. The molecule has 0 spiro atoms. The van der Waals surface area contributed by atoms with Gasteiger partial charge in [0.05, 0.1) is 0 Å². The van der Waals surface area contributed by atoms with E-state index in [-0.39, 0.29) is 18.4 Å². The van der Waals surface area contributed by atoms with Crippen molar-refractivity contribution in [3.63, 3.8) is 0 Å². The zero-order valence-electron chi connectivity index (χ0n) is 9.74. The molecule has 1 unspecified atom stereocenters. The summed E-state index contributed by atoms with van der Waals surface area (Å²) in [7, 11) is 0. The van der Waals surface area contributed by atoms with Gasteiger partial charge in [0.1, 0.15) is 0 Å². The third-order valence-corrected chi connectivity index (χ3v) is 2.98. The number of hydrogen-bond donors (Lipinski definition) is 2. The van der Waals surface area contributed by atoms with Gasteiger partial charge in [-0.1, -0.05) is 13.3 Å². The number of urea groups is 1. The number of nitrogens with one attached hydrogen (secondary N) is 1. The minimum Gasteiger partial charge on any atom is -0.481 e. The van der Waals surface area contributed by atoms with Gasteiger partial charge >= 0.3 is 12.0 Å². The van der Waals surface area contributed by atoms with Crippen molar-refractivity contribution in [1.82, 2.24) is 10.2 Å². The van der Waals surface area contributed by atoms with E-state index in [1.807, 2.05) is 6.92 Å². The maximum absolute atomic E-state index is 11.6. The van der Waals surface area contributed by atoms with Crippen molar-refractivity contribution in [2.24, 2.45) is 5.92 Å². The molecule has 1 aliphatic heterocycles. The quantitative estimate of drug-likeness (QED) is 0.745. The molecule has 2 amide bonds. The first-order valence-corrected chi connectivity index (χ1v) is 5.88. The lowest BCUT2D eigenvalue weighted by molar-refractivity contribution is -0.138. The molecule has 1 saturated heterocycles. The first kappa shape index (κ1) is 12.8. The van der Waals surface area contributed by atoms with Crippen LogP contribution in [-0.4, -0.2) is 41.6 Å². The molecule has 0 aromatic rings. The fraction of sp³-hybridized carbons (Fsp3) is 0.818. The second-order valence-electron chi connectivity index (χ2n) is 4.25. The molecule has 0 radical (unpaired) electrons. The molecule has 1 rings (SSSR count). The molecule has 1 heterocycles. The van der Waals surface area contributed by atoms with E-state index in [1.165, 1.54) is 0 Å². The third kappa shape index (κ3) is 4.08. The number of amides is 2. The van der Waals surface area contributed by atoms with Crippen molar-refractivity contribution in [1.29, 1.82) is 0 Å². The molecular weight excluding hydrogens is 208 g/mol. The number of nitrogens with zero attached hydrogens (tertiary/aromatic N) is 1. The van der Waals surface area contributed by atoms with Crippen LogP contribution in [0.15, 0.2) is 0 Å². The molecule has 92 valence electrons. The lowest BCUT2D eigenvalue weighted by atomic mass is 10.0. The third-order valence-electron chi connectivity index (χ3n) is 2.98. The minimum absolute atomic E-state index is 0.0315. The fourth-order valence-corrected chi connectivity index (χ4v) is 1.87. The Labute approximate surface area is 95.8 Å².